The Hall–Kier alpha value is -2.82. The average molecular weight is 338 g/mol. The van der Waals surface area contributed by atoms with Crippen molar-refractivity contribution in [3.63, 3.8) is 0 Å². The number of carbonyl (C=O) groups excluding carboxylic acids is 1. The van der Waals surface area contributed by atoms with Gasteiger partial charge in [0, 0.05) is 12.0 Å². The minimum absolute atomic E-state index is 0.144. The standard InChI is InChI=1S/C20H22N2O3/c1-2-24-19(23)12-5-6-13-25-16-9-7-8-15(14-16)20-21-17-10-3-4-11-18(17)22-20/h3-4,7-11,14H,2,5-6,12-13H2,1H3,(H,21,22). The Bertz CT molecular complexity index is 809. The van der Waals surface area contributed by atoms with Gasteiger partial charge in [-0.3, -0.25) is 4.79 Å². The van der Waals surface area contributed by atoms with Crippen molar-refractivity contribution in [2.75, 3.05) is 13.2 Å². The maximum absolute atomic E-state index is 11.3. The van der Waals surface area contributed by atoms with E-state index in [0.29, 0.717) is 19.6 Å². The summed E-state index contributed by atoms with van der Waals surface area (Å²) in [5, 5.41) is 0. The number of para-hydroxylation sites is 2. The molecule has 3 rings (SSSR count). The largest absolute Gasteiger partial charge is 0.494 e. The molecule has 25 heavy (non-hydrogen) atoms. The molecule has 0 fully saturated rings. The minimum Gasteiger partial charge on any atom is -0.494 e. The normalized spacial score (nSPS) is 10.8. The summed E-state index contributed by atoms with van der Waals surface area (Å²) in [5.41, 5.74) is 2.95. The summed E-state index contributed by atoms with van der Waals surface area (Å²) in [4.78, 5) is 19.2. The molecule has 0 radical (unpaired) electrons. The Morgan fingerprint density at radius 2 is 2.00 bits per heavy atom. The van der Waals surface area contributed by atoms with Crippen molar-refractivity contribution in [2.45, 2.75) is 26.2 Å². The van der Waals surface area contributed by atoms with Crippen molar-refractivity contribution in [1.82, 2.24) is 9.97 Å². The van der Waals surface area contributed by atoms with E-state index in [2.05, 4.69) is 9.97 Å². The van der Waals surface area contributed by atoms with Crippen LogP contribution in [-0.4, -0.2) is 29.2 Å². The Labute approximate surface area is 147 Å². The summed E-state index contributed by atoms with van der Waals surface area (Å²) >= 11 is 0. The summed E-state index contributed by atoms with van der Waals surface area (Å²) in [7, 11) is 0. The lowest BCUT2D eigenvalue weighted by Gasteiger charge is -2.07. The number of imidazole rings is 1. The summed E-state index contributed by atoms with van der Waals surface area (Å²) in [6.45, 7) is 2.82. The van der Waals surface area contributed by atoms with E-state index in [1.807, 2.05) is 55.5 Å². The minimum atomic E-state index is -0.144. The molecule has 1 N–H and O–H groups in total. The molecule has 3 aromatic rings. The molecule has 0 aliphatic rings. The molecule has 0 unspecified atom stereocenters. The molecular formula is C20H22N2O3. The predicted octanol–water partition coefficient (Wildman–Crippen LogP) is 4.34. The lowest BCUT2D eigenvalue weighted by Crippen LogP contribution is -2.05. The van der Waals surface area contributed by atoms with Gasteiger partial charge in [0.05, 0.1) is 24.2 Å². The fourth-order valence-corrected chi connectivity index (χ4v) is 2.62. The molecule has 1 heterocycles. The molecule has 130 valence electrons. The monoisotopic (exact) mass is 338 g/mol. The second kappa shape index (κ2) is 8.33. The van der Waals surface area contributed by atoms with Gasteiger partial charge in [0.15, 0.2) is 0 Å². The van der Waals surface area contributed by atoms with Crippen LogP contribution in [0.3, 0.4) is 0 Å². The number of esters is 1. The van der Waals surface area contributed by atoms with E-state index in [0.717, 1.165) is 41.0 Å². The number of unbranched alkanes of at least 4 members (excludes halogenated alkanes) is 1. The van der Waals surface area contributed by atoms with Gasteiger partial charge in [-0.25, -0.2) is 4.98 Å². The van der Waals surface area contributed by atoms with Gasteiger partial charge in [-0.2, -0.15) is 0 Å². The zero-order chi connectivity index (χ0) is 17.5. The van der Waals surface area contributed by atoms with Gasteiger partial charge < -0.3 is 14.5 Å². The van der Waals surface area contributed by atoms with Gasteiger partial charge in [-0.05, 0) is 44.0 Å². The van der Waals surface area contributed by atoms with Crippen LogP contribution in [0.5, 0.6) is 5.75 Å². The van der Waals surface area contributed by atoms with Crippen molar-refractivity contribution in [3.8, 4) is 17.1 Å². The predicted molar refractivity (Wildman–Crippen MR) is 97.5 cm³/mol. The first-order valence-corrected chi connectivity index (χ1v) is 8.60. The fraction of sp³-hybridized carbons (Fsp3) is 0.300. The van der Waals surface area contributed by atoms with Gasteiger partial charge in [0.2, 0.25) is 0 Å². The number of aromatic amines is 1. The Morgan fingerprint density at radius 3 is 2.84 bits per heavy atom. The SMILES string of the molecule is CCOC(=O)CCCCOc1cccc(-c2nc3ccccc3[nH]2)c1. The van der Waals surface area contributed by atoms with E-state index in [1.54, 1.807) is 0 Å². The lowest BCUT2D eigenvalue weighted by atomic mass is 10.2. The summed E-state index contributed by atoms with van der Waals surface area (Å²) in [5.74, 6) is 1.48. The summed E-state index contributed by atoms with van der Waals surface area (Å²) < 4.78 is 10.7. The third kappa shape index (κ3) is 4.59. The summed E-state index contributed by atoms with van der Waals surface area (Å²) in [6, 6.07) is 15.8. The molecule has 1 aromatic heterocycles. The maximum Gasteiger partial charge on any atom is 0.305 e. The van der Waals surface area contributed by atoms with Gasteiger partial charge in [0.1, 0.15) is 11.6 Å². The van der Waals surface area contributed by atoms with Gasteiger partial charge in [-0.1, -0.05) is 24.3 Å². The van der Waals surface area contributed by atoms with Gasteiger partial charge in [-0.15, -0.1) is 0 Å². The molecule has 0 aliphatic heterocycles. The molecule has 2 aromatic carbocycles. The van der Waals surface area contributed by atoms with Crippen LogP contribution in [0.2, 0.25) is 0 Å². The van der Waals surface area contributed by atoms with E-state index < -0.39 is 0 Å². The number of hydrogen-bond acceptors (Lipinski definition) is 4. The number of ether oxygens (including phenoxy) is 2. The fourth-order valence-electron chi connectivity index (χ4n) is 2.62. The first-order chi connectivity index (χ1) is 12.3. The smallest absolute Gasteiger partial charge is 0.305 e. The topological polar surface area (TPSA) is 64.2 Å². The number of carbonyl (C=O) groups is 1. The van der Waals surface area contributed by atoms with Crippen molar-refractivity contribution >= 4 is 17.0 Å². The number of benzene rings is 2. The van der Waals surface area contributed by atoms with Crippen molar-refractivity contribution < 1.29 is 14.3 Å². The molecular weight excluding hydrogens is 316 g/mol. The molecule has 0 aliphatic carbocycles. The van der Waals surface area contributed by atoms with Crippen molar-refractivity contribution in [2.24, 2.45) is 0 Å². The van der Waals surface area contributed by atoms with Crippen LogP contribution in [0.25, 0.3) is 22.4 Å². The first-order valence-electron chi connectivity index (χ1n) is 8.60. The average Bonchev–Trinajstić information content (AvgIpc) is 3.06. The number of aromatic nitrogens is 2. The lowest BCUT2D eigenvalue weighted by molar-refractivity contribution is -0.143. The maximum atomic E-state index is 11.3. The van der Waals surface area contributed by atoms with Crippen LogP contribution in [0, 0.1) is 0 Å². The van der Waals surface area contributed by atoms with Gasteiger partial charge in [0.25, 0.3) is 0 Å². The van der Waals surface area contributed by atoms with Crippen molar-refractivity contribution in [1.29, 1.82) is 0 Å². The number of H-pyrrole nitrogens is 1. The number of nitrogens with zero attached hydrogens (tertiary/aromatic N) is 1. The van der Waals surface area contributed by atoms with E-state index in [9.17, 15) is 4.79 Å². The zero-order valence-corrected chi connectivity index (χ0v) is 14.3. The molecule has 0 amide bonds. The molecule has 0 saturated carbocycles. The molecule has 0 bridgehead atoms. The highest BCUT2D eigenvalue weighted by molar-refractivity contribution is 5.79. The van der Waals surface area contributed by atoms with Crippen molar-refractivity contribution in [3.05, 3.63) is 48.5 Å². The Balaban J connectivity index is 1.55. The molecule has 0 atom stereocenters. The van der Waals surface area contributed by atoms with Crippen LogP contribution >= 0.6 is 0 Å². The Kier molecular flexibility index (Phi) is 5.67. The number of rotatable bonds is 8. The second-order valence-electron chi connectivity index (χ2n) is 5.74. The van der Waals surface area contributed by atoms with Crippen LogP contribution in [0.4, 0.5) is 0 Å². The highest BCUT2D eigenvalue weighted by Crippen LogP contribution is 2.24. The second-order valence-corrected chi connectivity index (χ2v) is 5.74. The van der Waals surface area contributed by atoms with E-state index in [1.165, 1.54) is 0 Å². The zero-order valence-electron chi connectivity index (χ0n) is 14.3. The van der Waals surface area contributed by atoms with Crippen LogP contribution in [-0.2, 0) is 9.53 Å². The molecule has 5 nitrogen and oxygen atoms in total. The van der Waals surface area contributed by atoms with Gasteiger partial charge >= 0.3 is 5.97 Å². The van der Waals surface area contributed by atoms with Crippen LogP contribution in [0.1, 0.15) is 26.2 Å². The van der Waals surface area contributed by atoms with E-state index >= 15 is 0 Å². The third-order valence-corrected chi connectivity index (χ3v) is 3.85. The van der Waals surface area contributed by atoms with E-state index in [4.69, 9.17) is 9.47 Å². The quantitative estimate of drug-likeness (QED) is 0.490. The van der Waals surface area contributed by atoms with Crippen LogP contribution < -0.4 is 4.74 Å². The highest BCUT2D eigenvalue weighted by Gasteiger charge is 2.06. The molecule has 0 spiro atoms. The number of nitrogens with one attached hydrogen (secondary N) is 1. The third-order valence-electron chi connectivity index (χ3n) is 3.85. The number of fused-ring (bicyclic) bond motifs is 1. The first kappa shape index (κ1) is 17.0. The summed E-state index contributed by atoms with van der Waals surface area (Å²) in [6.07, 6.45) is 2.02. The Morgan fingerprint density at radius 1 is 1.12 bits per heavy atom. The highest BCUT2D eigenvalue weighted by atomic mass is 16.5. The van der Waals surface area contributed by atoms with Crippen LogP contribution in [0.15, 0.2) is 48.5 Å². The number of hydrogen-bond donors (Lipinski definition) is 1. The van der Waals surface area contributed by atoms with E-state index in [-0.39, 0.29) is 5.97 Å². The molecule has 0 saturated heterocycles. The molecule has 5 heteroatoms.